The molecule has 0 unspecified atom stereocenters. The second-order valence-corrected chi connectivity index (χ2v) is 6.12. The zero-order chi connectivity index (χ0) is 22.1. The molecule has 0 aromatic heterocycles. The molecule has 0 aliphatic heterocycles. The topological polar surface area (TPSA) is 169 Å². The maximum absolute atomic E-state index is 12.2. The molecule has 0 saturated heterocycles. The molecule has 0 aromatic carbocycles. The molecule has 0 aliphatic carbocycles. The van der Waals surface area contributed by atoms with Gasteiger partial charge in [0.05, 0.1) is 58.9 Å². The smallest absolute Gasteiger partial charge is 0.305 e. The van der Waals surface area contributed by atoms with Crippen LogP contribution in [0.25, 0.3) is 0 Å². The Morgan fingerprint density at radius 2 is 1.14 bits per heavy atom. The normalized spacial score (nSPS) is 10.9. The number of amides is 1. The molecule has 0 bridgehead atoms. The molecule has 11 heteroatoms. The molecule has 0 atom stereocenters. The van der Waals surface area contributed by atoms with Crippen LogP contribution in [0.1, 0.15) is 32.1 Å². The molecule has 0 radical (unpaired) electrons. The van der Waals surface area contributed by atoms with E-state index in [-0.39, 0.29) is 71.7 Å². The summed E-state index contributed by atoms with van der Waals surface area (Å²) in [5, 5.41) is 28.8. The zero-order valence-electron chi connectivity index (χ0n) is 16.1. The van der Waals surface area contributed by atoms with E-state index in [0.717, 1.165) is 0 Å². The van der Waals surface area contributed by atoms with Crippen molar-refractivity contribution in [2.24, 2.45) is 0 Å². The van der Waals surface area contributed by atoms with Gasteiger partial charge < -0.3 is 34.8 Å². The van der Waals surface area contributed by atoms with Gasteiger partial charge in [0.2, 0.25) is 5.91 Å². The van der Waals surface area contributed by atoms with Crippen LogP contribution < -0.4 is 5.32 Å². The highest BCUT2D eigenvalue weighted by Crippen LogP contribution is 2.11. The maximum atomic E-state index is 12.2. The van der Waals surface area contributed by atoms with Crippen LogP contribution >= 0.6 is 0 Å². The van der Waals surface area contributed by atoms with Gasteiger partial charge in [0.25, 0.3) is 0 Å². The van der Waals surface area contributed by atoms with Gasteiger partial charge in [-0.2, -0.15) is 0 Å². The summed E-state index contributed by atoms with van der Waals surface area (Å²) in [5.41, 5.74) is -1.28. The Hall–Kier alpha value is -2.68. The van der Waals surface area contributed by atoms with Crippen LogP contribution in [0.2, 0.25) is 0 Å². The average Bonchev–Trinajstić information content (AvgIpc) is 2.64. The first kappa shape index (κ1) is 26.3. The van der Waals surface area contributed by atoms with Gasteiger partial charge in [-0.1, -0.05) is 0 Å². The molecule has 0 saturated carbocycles. The summed E-state index contributed by atoms with van der Waals surface area (Å²) in [5.74, 6) is -1.31. The van der Waals surface area contributed by atoms with Gasteiger partial charge in [-0.05, 0) is 0 Å². The average molecular weight is 417 g/mol. The predicted octanol–water partition coefficient (Wildman–Crippen LogP) is -0.271. The summed E-state index contributed by atoms with van der Waals surface area (Å²) in [6.07, 6.45) is 4.55. The Bertz CT molecular complexity index is 529. The molecule has 0 rings (SSSR count). The van der Waals surface area contributed by atoms with Crippen molar-refractivity contribution in [2.45, 2.75) is 37.6 Å². The Morgan fingerprint density at radius 1 is 0.759 bits per heavy atom. The fraction of sp³-hybridized carbons (Fsp3) is 0.667. The second kappa shape index (κ2) is 15.3. The summed E-state index contributed by atoms with van der Waals surface area (Å²) >= 11 is 0. The predicted molar refractivity (Wildman–Crippen MR) is 98.2 cm³/mol. The van der Waals surface area contributed by atoms with Crippen LogP contribution in [0.4, 0.5) is 0 Å². The standard InChI is InChI=1S/C18H27NO10/c1-2-3-4-14(20)19-18(11-27-8-5-15(21)22,12-28-9-6-16(23)24)13-29-10-7-17(25)26/h1H,3-13H2,(H,19,20)(H,21,22)(H,23,24)(H,25,26). The van der Waals surface area contributed by atoms with E-state index in [0.29, 0.717) is 0 Å². The number of aliphatic carboxylic acids is 3. The summed E-state index contributed by atoms with van der Waals surface area (Å²) in [7, 11) is 0. The largest absolute Gasteiger partial charge is 0.481 e. The molecule has 1 amide bonds. The summed E-state index contributed by atoms with van der Waals surface area (Å²) in [6, 6.07) is 0. The van der Waals surface area contributed by atoms with Crippen molar-refractivity contribution in [3.05, 3.63) is 0 Å². The summed E-state index contributed by atoms with van der Waals surface area (Å²) in [6.45, 7) is -0.989. The van der Waals surface area contributed by atoms with Gasteiger partial charge >= 0.3 is 17.9 Å². The lowest BCUT2D eigenvalue weighted by atomic mass is 10.0. The fourth-order valence-electron chi connectivity index (χ4n) is 2.06. The lowest BCUT2D eigenvalue weighted by Gasteiger charge is -2.34. The van der Waals surface area contributed by atoms with E-state index in [1.54, 1.807) is 0 Å². The first-order chi connectivity index (χ1) is 13.7. The number of carboxylic acids is 3. The number of nitrogens with one attached hydrogen (secondary N) is 1. The highest BCUT2D eigenvalue weighted by atomic mass is 16.5. The quantitative estimate of drug-likeness (QED) is 0.172. The molecular weight excluding hydrogens is 390 g/mol. The SMILES string of the molecule is C#CCCC(=O)NC(COCCC(=O)O)(COCCC(=O)O)COCCC(=O)O. The van der Waals surface area contributed by atoms with Crippen molar-refractivity contribution in [2.75, 3.05) is 39.6 Å². The van der Waals surface area contributed by atoms with Crippen molar-refractivity contribution in [1.29, 1.82) is 0 Å². The minimum absolute atomic E-state index is 0.0115. The second-order valence-electron chi connectivity index (χ2n) is 6.12. The molecule has 29 heavy (non-hydrogen) atoms. The van der Waals surface area contributed by atoms with Gasteiger partial charge in [0.15, 0.2) is 0 Å². The maximum Gasteiger partial charge on any atom is 0.305 e. The van der Waals surface area contributed by atoms with Crippen molar-refractivity contribution < 1.29 is 48.7 Å². The number of hydrogen-bond acceptors (Lipinski definition) is 7. The Balaban J connectivity index is 5.12. The van der Waals surface area contributed by atoms with E-state index < -0.39 is 29.4 Å². The van der Waals surface area contributed by atoms with Crippen LogP contribution in [0, 0.1) is 12.3 Å². The van der Waals surface area contributed by atoms with Crippen molar-refractivity contribution in [3.8, 4) is 12.3 Å². The van der Waals surface area contributed by atoms with Gasteiger partial charge in [0.1, 0.15) is 5.54 Å². The summed E-state index contributed by atoms with van der Waals surface area (Å²) < 4.78 is 16.0. The minimum Gasteiger partial charge on any atom is -0.481 e. The van der Waals surface area contributed by atoms with Gasteiger partial charge in [-0.3, -0.25) is 19.2 Å². The van der Waals surface area contributed by atoms with E-state index in [9.17, 15) is 19.2 Å². The first-order valence-electron chi connectivity index (χ1n) is 8.84. The number of rotatable bonds is 18. The number of carbonyl (C=O) groups is 4. The van der Waals surface area contributed by atoms with Crippen molar-refractivity contribution in [1.82, 2.24) is 5.32 Å². The summed E-state index contributed by atoms with van der Waals surface area (Å²) in [4.78, 5) is 44.1. The van der Waals surface area contributed by atoms with E-state index >= 15 is 0 Å². The number of carbonyl (C=O) groups excluding carboxylic acids is 1. The van der Waals surface area contributed by atoms with Crippen LogP contribution in [-0.2, 0) is 33.4 Å². The van der Waals surface area contributed by atoms with E-state index in [2.05, 4.69) is 11.2 Å². The zero-order valence-corrected chi connectivity index (χ0v) is 16.1. The Labute approximate surface area is 168 Å². The van der Waals surface area contributed by atoms with Crippen molar-refractivity contribution >= 4 is 23.8 Å². The van der Waals surface area contributed by atoms with Crippen LogP contribution in [-0.4, -0.2) is 84.3 Å². The minimum atomic E-state index is -1.28. The Morgan fingerprint density at radius 3 is 1.45 bits per heavy atom. The van der Waals surface area contributed by atoms with E-state index in [1.807, 2.05) is 0 Å². The van der Waals surface area contributed by atoms with E-state index in [1.165, 1.54) is 0 Å². The van der Waals surface area contributed by atoms with Gasteiger partial charge in [0, 0.05) is 12.8 Å². The van der Waals surface area contributed by atoms with Gasteiger partial charge in [-0.15, -0.1) is 12.3 Å². The number of carboxylic acid groups (broad SMARTS) is 3. The molecule has 164 valence electrons. The Kier molecular flexibility index (Phi) is 13.9. The first-order valence-corrected chi connectivity index (χ1v) is 8.84. The van der Waals surface area contributed by atoms with E-state index in [4.69, 9.17) is 36.0 Å². The van der Waals surface area contributed by atoms with Crippen LogP contribution in [0.15, 0.2) is 0 Å². The van der Waals surface area contributed by atoms with Crippen LogP contribution in [0.3, 0.4) is 0 Å². The molecule has 0 aromatic rings. The fourth-order valence-corrected chi connectivity index (χ4v) is 2.06. The molecule has 0 heterocycles. The third-order valence-corrected chi connectivity index (χ3v) is 3.42. The number of terminal acetylenes is 1. The number of ether oxygens (including phenoxy) is 3. The number of hydrogen-bond donors (Lipinski definition) is 4. The van der Waals surface area contributed by atoms with Gasteiger partial charge in [-0.25, -0.2) is 0 Å². The third-order valence-electron chi connectivity index (χ3n) is 3.42. The molecule has 11 nitrogen and oxygen atoms in total. The molecule has 4 N–H and O–H groups in total. The highest BCUT2D eigenvalue weighted by Gasteiger charge is 2.33. The lowest BCUT2D eigenvalue weighted by Crippen LogP contribution is -2.58. The van der Waals surface area contributed by atoms with Crippen molar-refractivity contribution in [3.63, 3.8) is 0 Å². The molecular formula is C18H27NO10. The lowest BCUT2D eigenvalue weighted by molar-refractivity contribution is -0.140. The molecule has 0 fully saturated rings. The highest BCUT2D eigenvalue weighted by molar-refractivity contribution is 5.77. The third kappa shape index (κ3) is 15.0. The molecule has 0 aliphatic rings. The molecule has 0 spiro atoms. The monoisotopic (exact) mass is 417 g/mol. The van der Waals surface area contributed by atoms with Crippen LogP contribution in [0.5, 0.6) is 0 Å².